The molecule has 128 valence electrons. The maximum absolute atomic E-state index is 13.7. The van der Waals surface area contributed by atoms with Crippen LogP contribution in [-0.2, 0) is 16.1 Å². The zero-order valence-electron chi connectivity index (χ0n) is 13.4. The summed E-state index contributed by atoms with van der Waals surface area (Å²) in [6, 6.07) is 9.21. The molecular weight excluding hydrogens is 325 g/mol. The van der Waals surface area contributed by atoms with Gasteiger partial charge in [0, 0.05) is 24.8 Å². The van der Waals surface area contributed by atoms with E-state index >= 15 is 0 Å². The SMILES string of the molecule is N#Cc1ccc(F)c(COC(=O)c2ccc(N3CCOCC3)nc2)c1. The molecule has 0 atom stereocenters. The van der Waals surface area contributed by atoms with Crippen molar-refractivity contribution in [2.75, 3.05) is 31.2 Å². The smallest absolute Gasteiger partial charge is 0.340 e. The number of rotatable bonds is 4. The molecule has 0 aliphatic carbocycles. The number of halogens is 1. The lowest BCUT2D eigenvalue weighted by atomic mass is 10.1. The van der Waals surface area contributed by atoms with E-state index in [1.54, 1.807) is 12.1 Å². The Morgan fingerprint density at radius 2 is 2.12 bits per heavy atom. The van der Waals surface area contributed by atoms with E-state index in [9.17, 15) is 9.18 Å². The van der Waals surface area contributed by atoms with Gasteiger partial charge in [-0.2, -0.15) is 5.26 Å². The number of anilines is 1. The molecule has 0 radical (unpaired) electrons. The van der Waals surface area contributed by atoms with Gasteiger partial charge in [0.1, 0.15) is 18.2 Å². The van der Waals surface area contributed by atoms with Crippen LogP contribution >= 0.6 is 0 Å². The zero-order chi connectivity index (χ0) is 17.6. The molecule has 0 unspecified atom stereocenters. The number of hydrogen-bond acceptors (Lipinski definition) is 6. The summed E-state index contributed by atoms with van der Waals surface area (Å²) < 4.78 is 24.1. The molecule has 0 bridgehead atoms. The average molecular weight is 341 g/mol. The van der Waals surface area contributed by atoms with E-state index in [1.807, 2.05) is 6.07 Å². The van der Waals surface area contributed by atoms with Crippen LogP contribution in [0.2, 0.25) is 0 Å². The van der Waals surface area contributed by atoms with Crippen LogP contribution in [0.3, 0.4) is 0 Å². The molecule has 0 N–H and O–H groups in total. The van der Waals surface area contributed by atoms with Crippen molar-refractivity contribution >= 4 is 11.8 Å². The number of carbonyl (C=O) groups excluding carboxylic acids is 1. The minimum Gasteiger partial charge on any atom is -0.457 e. The maximum Gasteiger partial charge on any atom is 0.340 e. The molecule has 7 heteroatoms. The second-order valence-electron chi connectivity index (χ2n) is 5.50. The fraction of sp³-hybridized carbons (Fsp3) is 0.278. The molecule has 1 aliphatic rings. The van der Waals surface area contributed by atoms with Crippen LogP contribution in [-0.4, -0.2) is 37.3 Å². The largest absolute Gasteiger partial charge is 0.457 e. The van der Waals surface area contributed by atoms with Crippen molar-refractivity contribution in [3.8, 4) is 6.07 Å². The lowest BCUT2D eigenvalue weighted by Crippen LogP contribution is -2.36. The summed E-state index contributed by atoms with van der Waals surface area (Å²) in [5, 5.41) is 8.84. The van der Waals surface area contributed by atoms with Crippen LogP contribution in [0, 0.1) is 17.1 Å². The van der Waals surface area contributed by atoms with Crippen molar-refractivity contribution < 1.29 is 18.7 Å². The number of morpholine rings is 1. The van der Waals surface area contributed by atoms with Crippen molar-refractivity contribution in [3.63, 3.8) is 0 Å². The Morgan fingerprint density at radius 1 is 1.32 bits per heavy atom. The van der Waals surface area contributed by atoms with Gasteiger partial charge in [0.2, 0.25) is 0 Å². The van der Waals surface area contributed by atoms with Gasteiger partial charge in [0.25, 0.3) is 0 Å². The predicted molar refractivity (Wildman–Crippen MR) is 87.5 cm³/mol. The second kappa shape index (κ2) is 7.73. The normalized spacial score (nSPS) is 14.0. The fourth-order valence-electron chi connectivity index (χ4n) is 2.47. The number of esters is 1. The molecule has 0 spiro atoms. The molecule has 1 aromatic carbocycles. The lowest BCUT2D eigenvalue weighted by molar-refractivity contribution is 0.0468. The van der Waals surface area contributed by atoms with E-state index in [0.29, 0.717) is 18.8 Å². The van der Waals surface area contributed by atoms with Crippen molar-refractivity contribution in [2.24, 2.45) is 0 Å². The minimum atomic E-state index is -0.595. The fourth-order valence-corrected chi connectivity index (χ4v) is 2.47. The third-order valence-corrected chi connectivity index (χ3v) is 3.85. The Bertz CT molecular complexity index is 796. The standard InChI is InChI=1S/C18H16FN3O3/c19-16-3-1-13(10-20)9-15(16)12-25-18(23)14-2-4-17(21-11-14)22-5-7-24-8-6-22/h1-4,9,11H,5-8,12H2. The van der Waals surface area contributed by atoms with Gasteiger partial charge in [-0.3, -0.25) is 0 Å². The molecule has 3 rings (SSSR count). The highest BCUT2D eigenvalue weighted by atomic mass is 19.1. The summed E-state index contributed by atoms with van der Waals surface area (Å²) in [5.74, 6) is -0.344. The Hall–Kier alpha value is -2.98. The molecule has 1 fully saturated rings. The summed E-state index contributed by atoms with van der Waals surface area (Å²) in [5.41, 5.74) is 0.753. The first-order chi connectivity index (χ1) is 12.2. The van der Waals surface area contributed by atoms with E-state index in [0.717, 1.165) is 18.9 Å². The zero-order valence-corrected chi connectivity index (χ0v) is 13.4. The van der Waals surface area contributed by atoms with Gasteiger partial charge in [-0.1, -0.05) is 0 Å². The molecule has 1 aromatic heterocycles. The minimum absolute atomic E-state index is 0.158. The van der Waals surface area contributed by atoms with Gasteiger partial charge in [0.15, 0.2) is 0 Å². The lowest BCUT2D eigenvalue weighted by Gasteiger charge is -2.27. The van der Waals surface area contributed by atoms with Gasteiger partial charge in [-0.05, 0) is 30.3 Å². The number of nitriles is 1. The van der Waals surface area contributed by atoms with Crippen LogP contribution in [0.5, 0.6) is 0 Å². The molecule has 1 aliphatic heterocycles. The van der Waals surface area contributed by atoms with E-state index < -0.39 is 11.8 Å². The number of nitrogens with zero attached hydrogens (tertiary/aromatic N) is 3. The highest BCUT2D eigenvalue weighted by Gasteiger charge is 2.14. The first-order valence-corrected chi connectivity index (χ1v) is 7.82. The number of benzene rings is 1. The van der Waals surface area contributed by atoms with Crippen molar-refractivity contribution in [1.29, 1.82) is 5.26 Å². The molecular formula is C18H16FN3O3. The van der Waals surface area contributed by atoms with E-state index in [2.05, 4.69) is 9.88 Å². The number of carbonyl (C=O) groups is 1. The Kier molecular flexibility index (Phi) is 5.21. The highest BCUT2D eigenvalue weighted by Crippen LogP contribution is 2.15. The van der Waals surface area contributed by atoms with E-state index in [-0.39, 0.29) is 17.7 Å². The number of aromatic nitrogens is 1. The van der Waals surface area contributed by atoms with Gasteiger partial charge in [0.05, 0.1) is 30.4 Å². The van der Waals surface area contributed by atoms with Crippen LogP contribution in [0.4, 0.5) is 10.2 Å². The third kappa shape index (κ3) is 4.11. The van der Waals surface area contributed by atoms with Gasteiger partial charge < -0.3 is 14.4 Å². The maximum atomic E-state index is 13.7. The molecule has 2 heterocycles. The van der Waals surface area contributed by atoms with Gasteiger partial charge in [-0.25, -0.2) is 14.2 Å². The summed E-state index contributed by atoms with van der Waals surface area (Å²) >= 11 is 0. The third-order valence-electron chi connectivity index (χ3n) is 3.85. The molecule has 2 aromatic rings. The quantitative estimate of drug-likeness (QED) is 0.794. The van der Waals surface area contributed by atoms with Crippen LogP contribution in [0.25, 0.3) is 0 Å². The first-order valence-electron chi connectivity index (χ1n) is 7.82. The summed E-state index contributed by atoms with van der Waals surface area (Å²) in [7, 11) is 0. The summed E-state index contributed by atoms with van der Waals surface area (Å²) in [4.78, 5) is 18.4. The highest BCUT2D eigenvalue weighted by molar-refractivity contribution is 5.89. The second-order valence-corrected chi connectivity index (χ2v) is 5.50. The molecule has 0 amide bonds. The van der Waals surface area contributed by atoms with Crippen LogP contribution in [0.15, 0.2) is 36.5 Å². The van der Waals surface area contributed by atoms with E-state index in [1.165, 1.54) is 24.4 Å². The average Bonchev–Trinajstić information content (AvgIpc) is 2.68. The van der Waals surface area contributed by atoms with Crippen LogP contribution in [0.1, 0.15) is 21.5 Å². The topological polar surface area (TPSA) is 75.5 Å². The summed E-state index contributed by atoms with van der Waals surface area (Å²) in [6.07, 6.45) is 1.44. The number of hydrogen-bond donors (Lipinski definition) is 0. The Morgan fingerprint density at radius 3 is 2.80 bits per heavy atom. The summed E-state index contributed by atoms with van der Waals surface area (Å²) in [6.45, 7) is 2.57. The monoisotopic (exact) mass is 341 g/mol. The van der Waals surface area contributed by atoms with Crippen LogP contribution < -0.4 is 4.90 Å². The number of pyridine rings is 1. The molecule has 6 nitrogen and oxygen atoms in total. The predicted octanol–water partition coefficient (Wildman–Crippen LogP) is 2.29. The van der Waals surface area contributed by atoms with E-state index in [4.69, 9.17) is 14.7 Å². The van der Waals surface area contributed by atoms with Gasteiger partial charge in [-0.15, -0.1) is 0 Å². The molecule has 1 saturated heterocycles. The Balaban J connectivity index is 1.62. The van der Waals surface area contributed by atoms with Crippen molar-refractivity contribution in [3.05, 3.63) is 59.0 Å². The van der Waals surface area contributed by atoms with Crippen molar-refractivity contribution in [1.82, 2.24) is 4.98 Å². The molecule has 0 saturated carbocycles. The van der Waals surface area contributed by atoms with Crippen molar-refractivity contribution in [2.45, 2.75) is 6.61 Å². The number of ether oxygens (including phenoxy) is 2. The first kappa shape index (κ1) is 16.9. The van der Waals surface area contributed by atoms with Gasteiger partial charge >= 0.3 is 5.97 Å². The molecule has 25 heavy (non-hydrogen) atoms. The Labute approximate surface area is 144 Å².